The SMILES string of the molecule is Cc1cc(-c2ccnc(NC(=O)[C@@H]3C[C@H]3CN(C)C)c2)ccc1OC1CCOCC1. The molecule has 0 radical (unpaired) electrons. The molecule has 1 amide bonds. The first-order chi connectivity index (χ1) is 14.5. The third-order valence-corrected chi connectivity index (χ3v) is 5.84. The van der Waals surface area contributed by atoms with Gasteiger partial charge < -0.3 is 19.7 Å². The molecule has 1 aromatic carbocycles. The summed E-state index contributed by atoms with van der Waals surface area (Å²) in [5.41, 5.74) is 3.22. The Hall–Kier alpha value is -2.44. The molecule has 1 N–H and O–H groups in total. The zero-order valence-electron chi connectivity index (χ0n) is 18.1. The van der Waals surface area contributed by atoms with Crippen molar-refractivity contribution in [1.82, 2.24) is 9.88 Å². The van der Waals surface area contributed by atoms with Crippen LogP contribution in [0.4, 0.5) is 5.82 Å². The van der Waals surface area contributed by atoms with E-state index in [0.29, 0.717) is 11.7 Å². The molecule has 2 heterocycles. The van der Waals surface area contributed by atoms with Crippen LogP contribution in [-0.4, -0.2) is 55.7 Å². The van der Waals surface area contributed by atoms with Crippen LogP contribution in [0.5, 0.6) is 5.75 Å². The number of aromatic nitrogens is 1. The number of carbonyl (C=O) groups excluding carboxylic acids is 1. The molecule has 2 aliphatic rings. The van der Waals surface area contributed by atoms with Gasteiger partial charge >= 0.3 is 0 Å². The highest BCUT2D eigenvalue weighted by Crippen LogP contribution is 2.39. The van der Waals surface area contributed by atoms with E-state index in [1.807, 2.05) is 32.3 Å². The van der Waals surface area contributed by atoms with Gasteiger partial charge in [-0.25, -0.2) is 4.98 Å². The summed E-state index contributed by atoms with van der Waals surface area (Å²) in [6.07, 6.45) is 4.80. The van der Waals surface area contributed by atoms with Crippen molar-refractivity contribution in [1.29, 1.82) is 0 Å². The number of anilines is 1. The van der Waals surface area contributed by atoms with Crippen LogP contribution in [-0.2, 0) is 9.53 Å². The van der Waals surface area contributed by atoms with E-state index in [1.165, 1.54) is 0 Å². The fourth-order valence-electron chi connectivity index (χ4n) is 4.07. The zero-order valence-corrected chi connectivity index (χ0v) is 18.1. The molecule has 0 unspecified atom stereocenters. The first kappa shape index (κ1) is 20.8. The van der Waals surface area contributed by atoms with Crippen molar-refractivity contribution in [2.24, 2.45) is 11.8 Å². The Morgan fingerprint density at radius 2 is 1.97 bits per heavy atom. The molecule has 6 heteroatoms. The smallest absolute Gasteiger partial charge is 0.228 e. The van der Waals surface area contributed by atoms with Gasteiger partial charge in [0.1, 0.15) is 17.7 Å². The van der Waals surface area contributed by atoms with Crippen LogP contribution in [0, 0.1) is 18.8 Å². The Kier molecular flexibility index (Phi) is 6.35. The quantitative estimate of drug-likeness (QED) is 0.755. The van der Waals surface area contributed by atoms with E-state index < -0.39 is 0 Å². The summed E-state index contributed by atoms with van der Waals surface area (Å²) in [6, 6.07) is 10.1. The monoisotopic (exact) mass is 409 g/mol. The van der Waals surface area contributed by atoms with E-state index in [2.05, 4.69) is 34.3 Å². The van der Waals surface area contributed by atoms with Crippen LogP contribution >= 0.6 is 0 Å². The molecule has 1 saturated carbocycles. The lowest BCUT2D eigenvalue weighted by molar-refractivity contribution is -0.117. The lowest BCUT2D eigenvalue weighted by atomic mass is 10.0. The fraction of sp³-hybridized carbons (Fsp3) is 0.500. The van der Waals surface area contributed by atoms with E-state index in [-0.39, 0.29) is 17.9 Å². The highest BCUT2D eigenvalue weighted by molar-refractivity contribution is 5.94. The van der Waals surface area contributed by atoms with Gasteiger partial charge in [0.2, 0.25) is 5.91 Å². The zero-order chi connectivity index (χ0) is 21.1. The normalized spacial score (nSPS) is 21.5. The van der Waals surface area contributed by atoms with E-state index >= 15 is 0 Å². The predicted octanol–water partition coefficient (Wildman–Crippen LogP) is 3.75. The molecule has 160 valence electrons. The number of nitrogens with zero attached hydrogens (tertiary/aromatic N) is 2. The van der Waals surface area contributed by atoms with Gasteiger partial charge in [0, 0.05) is 31.5 Å². The van der Waals surface area contributed by atoms with Gasteiger partial charge in [0.25, 0.3) is 0 Å². The summed E-state index contributed by atoms with van der Waals surface area (Å²) in [5, 5.41) is 2.99. The second kappa shape index (κ2) is 9.14. The van der Waals surface area contributed by atoms with Crippen molar-refractivity contribution in [3.8, 4) is 16.9 Å². The van der Waals surface area contributed by atoms with Crippen molar-refractivity contribution in [2.75, 3.05) is 39.2 Å². The third kappa shape index (κ3) is 5.18. The summed E-state index contributed by atoms with van der Waals surface area (Å²) in [7, 11) is 4.08. The molecular weight excluding hydrogens is 378 g/mol. The molecule has 2 fully saturated rings. The molecule has 1 saturated heterocycles. The first-order valence-electron chi connectivity index (χ1n) is 10.8. The van der Waals surface area contributed by atoms with Crippen molar-refractivity contribution < 1.29 is 14.3 Å². The van der Waals surface area contributed by atoms with Crippen LogP contribution in [0.1, 0.15) is 24.8 Å². The standard InChI is InChI=1S/C24H31N3O3/c1-16-12-17(4-5-22(16)30-20-7-10-29-11-8-20)18-6-9-25-23(14-18)26-24(28)21-13-19(21)15-27(2)3/h4-6,9,12,14,19-21H,7-8,10-11,13,15H2,1-3H3,(H,25,26,28)/t19-,21+/m0/s1. The number of carbonyl (C=O) groups is 1. The number of pyridine rings is 1. The maximum atomic E-state index is 12.5. The molecule has 2 aromatic rings. The van der Waals surface area contributed by atoms with Gasteiger partial charge in [-0.3, -0.25) is 4.79 Å². The largest absolute Gasteiger partial charge is 0.490 e. The van der Waals surface area contributed by atoms with Gasteiger partial charge in [-0.2, -0.15) is 0 Å². The van der Waals surface area contributed by atoms with Crippen LogP contribution in [0.2, 0.25) is 0 Å². The number of ether oxygens (including phenoxy) is 2. The molecule has 6 nitrogen and oxygen atoms in total. The number of benzene rings is 1. The molecule has 0 spiro atoms. The predicted molar refractivity (Wildman–Crippen MR) is 118 cm³/mol. The Morgan fingerprint density at radius 3 is 2.70 bits per heavy atom. The molecular formula is C24H31N3O3. The number of hydrogen-bond acceptors (Lipinski definition) is 5. The second-order valence-electron chi connectivity index (χ2n) is 8.69. The average molecular weight is 410 g/mol. The highest BCUT2D eigenvalue weighted by Gasteiger charge is 2.43. The summed E-state index contributed by atoms with van der Waals surface area (Å²) in [4.78, 5) is 19.0. The van der Waals surface area contributed by atoms with Crippen LogP contribution in [0.3, 0.4) is 0 Å². The van der Waals surface area contributed by atoms with E-state index in [1.54, 1.807) is 6.20 Å². The molecule has 4 rings (SSSR count). The molecule has 1 aromatic heterocycles. The summed E-state index contributed by atoms with van der Waals surface area (Å²) in [6.45, 7) is 4.56. The maximum absolute atomic E-state index is 12.5. The summed E-state index contributed by atoms with van der Waals surface area (Å²) < 4.78 is 11.6. The average Bonchev–Trinajstić information content (AvgIpc) is 3.49. The number of nitrogens with one attached hydrogen (secondary N) is 1. The number of aryl methyl sites for hydroxylation is 1. The highest BCUT2D eigenvalue weighted by atomic mass is 16.5. The molecule has 2 atom stereocenters. The van der Waals surface area contributed by atoms with Gasteiger partial charge in [-0.1, -0.05) is 6.07 Å². The number of rotatable bonds is 7. The molecule has 0 bridgehead atoms. The van der Waals surface area contributed by atoms with Crippen molar-refractivity contribution >= 4 is 11.7 Å². The van der Waals surface area contributed by atoms with Crippen LogP contribution in [0.15, 0.2) is 36.5 Å². The Balaban J connectivity index is 1.41. The van der Waals surface area contributed by atoms with Gasteiger partial charge in [-0.05, 0) is 74.3 Å². The van der Waals surface area contributed by atoms with E-state index in [0.717, 1.165) is 61.5 Å². The Labute approximate surface area is 178 Å². The number of hydrogen-bond donors (Lipinski definition) is 1. The van der Waals surface area contributed by atoms with Gasteiger partial charge in [0.15, 0.2) is 0 Å². The topological polar surface area (TPSA) is 63.7 Å². The minimum atomic E-state index is 0.0721. The number of amides is 1. The van der Waals surface area contributed by atoms with E-state index in [4.69, 9.17) is 9.47 Å². The van der Waals surface area contributed by atoms with Crippen molar-refractivity contribution in [2.45, 2.75) is 32.3 Å². The second-order valence-corrected chi connectivity index (χ2v) is 8.69. The Bertz CT molecular complexity index is 893. The van der Waals surface area contributed by atoms with Crippen LogP contribution < -0.4 is 10.1 Å². The van der Waals surface area contributed by atoms with E-state index in [9.17, 15) is 4.79 Å². The third-order valence-electron chi connectivity index (χ3n) is 5.84. The summed E-state index contributed by atoms with van der Waals surface area (Å²) >= 11 is 0. The fourth-order valence-corrected chi connectivity index (χ4v) is 4.07. The van der Waals surface area contributed by atoms with Gasteiger partial charge in [-0.15, -0.1) is 0 Å². The molecule has 30 heavy (non-hydrogen) atoms. The lowest BCUT2D eigenvalue weighted by Crippen LogP contribution is -2.26. The minimum Gasteiger partial charge on any atom is -0.490 e. The Morgan fingerprint density at radius 1 is 1.20 bits per heavy atom. The lowest BCUT2D eigenvalue weighted by Gasteiger charge is -2.24. The summed E-state index contributed by atoms with van der Waals surface area (Å²) in [5.74, 6) is 2.15. The van der Waals surface area contributed by atoms with Gasteiger partial charge in [0.05, 0.1) is 13.2 Å². The maximum Gasteiger partial charge on any atom is 0.228 e. The van der Waals surface area contributed by atoms with Crippen LogP contribution in [0.25, 0.3) is 11.1 Å². The minimum absolute atomic E-state index is 0.0721. The van der Waals surface area contributed by atoms with Crippen molar-refractivity contribution in [3.63, 3.8) is 0 Å². The molecule has 1 aliphatic carbocycles. The van der Waals surface area contributed by atoms with Crippen molar-refractivity contribution in [3.05, 3.63) is 42.1 Å². The molecule has 1 aliphatic heterocycles. The first-order valence-corrected chi connectivity index (χ1v) is 10.8.